The Bertz CT molecular complexity index is 695. The maximum Gasteiger partial charge on any atom is 0.161 e. The van der Waals surface area contributed by atoms with Crippen LogP contribution in [0, 0.1) is 5.82 Å². The molecule has 0 unspecified atom stereocenters. The topological polar surface area (TPSA) is 27.7 Å². The van der Waals surface area contributed by atoms with Crippen molar-refractivity contribution in [2.24, 2.45) is 0 Å². The second kappa shape index (κ2) is 5.52. The van der Waals surface area contributed by atoms with Crippen LogP contribution in [0.3, 0.4) is 0 Å². The molecule has 3 rings (SSSR count). The largest absolute Gasteiger partial charge is 0.493 e. The molecule has 22 heavy (non-hydrogen) atoms. The molecule has 3 nitrogen and oxygen atoms in total. The molecule has 0 aliphatic carbocycles. The van der Waals surface area contributed by atoms with E-state index in [1.165, 1.54) is 12.1 Å². The number of hydrogen-bond acceptors (Lipinski definition) is 3. The number of para-hydroxylation sites is 2. The Hall–Kier alpha value is -2.23. The van der Waals surface area contributed by atoms with Crippen LogP contribution in [0.25, 0.3) is 0 Å². The molecule has 0 saturated heterocycles. The van der Waals surface area contributed by atoms with Gasteiger partial charge in [0.1, 0.15) is 23.8 Å². The molecule has 0 aromatic heterocycles. The third kappa shape index (κ3) is 2.86. The Kier molecular flexibility index (Phi) is 3.69. The quantitative estimate of drug-likeness (QED) is 0.850. The van der Waals surface area contributed by atoms with Crippen molar-refractivity contribution in [3.63, 3.8) is 0 Å². The molecule has 0 amide bonds. The summed E-state index contributed by atoms with van der Waals surface area (Å²) in [6, 6.07) is 10.4. The third-order valence-corrected chi connectivity index (χ3v) is 3.65. The fourth-order valence-electron chi connectivity index (χ4n) is 2.75. The van der Waals surface area contributed by atoms with E-state index in [-0.39, 0.29) is 18.0 Å². The average molecular weight is 302 g/mol. The zero-order valence-electron chi connectivity index (χ0n) is 13.0. The van der Waals surface area contributed by atoms with Gasteiger partial charge in [0.15, 0.2) is 11.5 Å². The van der Waals surface area contributed by atoms with Gasteiger partial charge < -0.3 is 14.2 Å². The number of halogens is 1. The fraction of sp³-hybridized carbons (Fsp3) is 0.333. The Balaban J connectivity index is 1.85. The Morgan fingerprint density at radius 3 is 2.64 bits per heavy atom. The van der Waals surface area contributed by atoms with E-state index in [2.05, 4.69) is 0 Å². The maximum atomic E-state index is 13.8. The summed E-state index contributed by atoms with van der Waals surface area (Å²) in [5.41, 5.74) is 1.30. The minimum atomic E-state index is -0.310. The van der Waals surface area contributed by atoms with E-state index in [9.17, 15) is 4.39 Å². The number of methoxy groups -OCH3 is 1. The van der Waals surface area contributed by atoms with Crippen LogP contribution >= 0.6 is 0 Å². The summed E-state index contributed by atoms with van der Waals surface area (Å²) in [6.07, 6.45) is 0.696. The van der Waals surface area contributed by atoms with Gasteiger partial charge in [-0.15, -0.1) is 0 Å². The van der Waals surface area contributed by atoms with E-state index < -0.39 is 0 Å². The molecule has 0 spiro atoms. The molecule has 4 heteroatoms. The molecule has 0 fully saturated rings. The summed E-state index contributed by atoms with van der Waals surface area (Å²) in [5.74, 6) is 1.75. The molecule has 2 aromatic rings. The number of rotatable bonds is 4. The highest BCUT2D eigenvalue weighted by atomic mass is 19.1. The first kappa shape index (κ1) is 14.7. The molecule has 0 N–H and O–H groups in total. The lowest BCUT2D eigenvalue weighted by molar-refractivity contribution is 0.135. The van der Waals surface area contributed by atoms with E-state index >= 15 is 0 Å². The Morgan fingerprint density at radius 2 is 1.91 bits per heavy atom. The predicted molar refractivity (Wildman–Crippen MR) is 82.1 cm³/mol. The first-order chi connectivity index (χ1) is 10.5. The first-order valence-corrected chi connectivity index (χ1v) is 7.25. The van der Waals surface area contributed by atoms with Crippen LogP contribution < -0.4 is 14.2 Å². The monoisotopic (exact) mass is 302 g/mol. The van der Waals surface area contributed by atoms with Crippen LogP contribution in [0.5, 0.6) is 17.2 Å². The molecule has 116 valence electrons. The molecule has 1 aliphatic rings. The standard InChI is InChI=1S/C18H19FO3/c1-18(2)10-12-8-14(19)9-13(17(12)22-18)11-21-16-7-5-4-6-15(16)20-3/h4-9H,10-11H2,1-3H3. The van der Waals surface area contributed by atoms with Gasteiger partial charge in [0.25, 0.3) is 0 Å². The van der Waals surface area contributed by atoms with E-state index in [0.29, 0.717) is 23.5 Å². The fourth-order valence-corrected chi connectivity index (χ4v) is 2.75. The molecular weight excluding hydrogens is 283 g/mol. The second-order valence-corrected chi connectivity index (χ2v) is 6.03. The third-order valence-electron chi connectivity index (χ3n) is 3.65. The smallest absolute Gasteiger partial charge is 0.161 e. The van der Waals surface area contributed by atoms with Crippen LogP contribution in [0.4, 0.5) is 4.39 Å². The van der Waals surface area contributed by atoms with Gasteiger partial charge in [-0.1, -0.05) is 12.1 Å². The zero-order valence-corrected chi connectivity index (χ0v) is 13.0. The molecule has 0 bridgehead atoms. The Labute approximate surface area is 129 Å². The summed E-state index contributed by atoms with van der Waals surface area (Å²) < 4.78 is 30.8. The SMILES string of the molecule is COc1ccccc1OCc1cc(F)cc2c1OC(C)(C)C2. The molecule has 0 atom stereocenters. The van der Waals surface area contributed by atoms with Crippen molar-refractivity contribution in [1.29, 1.82) is 0 Å². The first-order valence-electron chi connectivity index (χ1n) is 7.25. The lowest BCUT2D eigenvalue weighted by Gasteiger charge is -2.18. The number of fused-ring (bicyclic) bond motifs is 1. The molecular formula is C18H19FO3. The van der Waals surface area contributed by atoms with E-state index in [4.69, 9.17) is 14.2 Å². The summed E-state index contributed by atoms with van der Waals surface area (Å²) >= 11 is 0. The van der Waals surface area contributed by atoms with Gasteiger partial charge in [-0.05, 0) is 38.1 Å². The van der Waals surface area contributed by atoms with E-state index in [0.717, 1.165) is 11.3 Å². The summed E-state index contributed by atoms with van der Waals surface area (Å²) in [7, 11) is 1.59. The summed E-state index contributed by atoms with van der Waals surface area (Å²) in [6.45, 7) is 4.22. The lowest BCUT2D eigenvalue weighted by Crippen LogP contribution is -2.25. The average Bonchev–Trinajstić information content (AvgIpc) is 2.79. The highest BCUT2D eigenvalue weighted by molar-refractivity contribution is 5.46. The normalized spacial score (nSPS) is 15.1. The van der Waals surface area contributed by atoms with Gasteiger partial charge in [0.2, 0.25) is 0 Å². The zero-order chi connectivity index (χ0) is 15.7. The van der Waals surface area contributed by atoms with Crippen molar-refractivity contribution < 1.29 is 18.6 Å². The Morgan fingerprint density at radius 1 is 1.18 bits per heavy atom. The van der Waals surface area contributed by atoms with Crippen molar-refractivity contribution in [3.05, 3.63) is 53.3 Å². The van der Waals surface area contributed by atoms with Crippen LogP contribution in [-0.4, -0.2) is 12.7 Å². The predicted octanol–water partition coefficient (Wildman–Crippen LogP) is 4.13. The van der Waals surface area contributed by atoms with Gasteiger partial charge in [-0.2, -0.15) is 0 Å². The van der Waals surface area contributed by atoms with Gasteiger partial charge in [0.05, 0.1) is 7.11 Å². The summed E-state index contributed by atoms with van der Waals surface area (Å²) in [5, 5.41) is 0. The van der Waals surface area contributed by atoms with Crippen molar-refractivity contribution in [2.45, 2.75) is 32.5 Å². The number of ether oxygens (including phenoxy) is 3. The van der Waals surface area contributed by atoms with Crippen molar-refractivity contribution in [2.75, 3.05) is 7.11 Å². The van der Waals surface area contributed by atoms with E-state index in [1.54, 1.807) is 7.11 Å². The molecule has 0 radical (unpaired) electrons. The van der Waals surface area contributed by atoms with Crippen LogP contribution in [0.1, 0.15) is 25.0 Å². The highest BCUT2D eigenvalue weighted by Gasteiger charge is 2.32. The highest BCUT2D eigenvalue weighted by Crippen LogP contribution is 2.39. The minimum absolute atomic E-state index is 0.233. The maximum absolute atomic E-state index is 13.8. The van der Waals surface area contributed by atoms with Crippen molar-refractivity contribution >= 4 is 0 Å². The molecule has 1 heterocycles. The van der Waals surface area contributed by atoms with E-state index in [1.807, 2.05) is 38.1 Å². The lowest BCUT2D eigenvalue weighted by atomic mass is 10.0. The van der Waals surface area contributed by atoms with Gasteiger partial charge in [-0.3, -0.25) is 0 Å². The van der Waals surface area contributed by atoms with Crippen LogP contribution in [-0.2, 0) is 13.0 Å². The molecule has 1 aliphatic heterocycles. The van der Waals surface area contributed by atoms with Gasteiger partial charge in [-0.25, -0.2) is 4.39 Å². The van der Waals surface area contributed by atoms with Gasteiger partial charge >= 0.3 is 0 Å². The van der Waals surface area contributed by atoms with Crippen LogP contribution in [0.2, 0.25) is 0 Å². The van der Waals surface area contributed by atoms with Crippen molar-refractivity contribution in [1.82, 2.24) is 0 Å². The van der Waals surface area contributed by atoms with Crippen LogP contribution in [0.15, 0.2) is 36.4 Å². The minimum Gasteiger partial charge on any atom is -0.493 e. The molecule has 2 aromatic carbocycles. The molecule has 0 saturated carbocycles. The van der Waals surface area contributed by atoms with Crippen molar-refractivity contribution in [3.8, 4) is 17.2 Å². The number of benzene rings is 2. The number of hydrogen-bond donors (Lipinski definition) is 0. The van der Waals surface area contributed by atoms with Gasteiger partial charge in [0, 0.05) is 17.5 Å². The second-order valence-electron chi connectivity index (χ2n) is 6.03. The summed E-state index contributed by atoms with van der Waals surface area (Å²) in [4.78, 5) is 0.